The number of alkyl halides is 3. The van der Waals surface area contributed by atoms with Gasteiger partial charge in [0, 0.05) is 30.9 Å². The number of anilines is 2. The Morgan fingerprint density at radius 1 is 0.818 bits per heavy atom. The Hall–Kier alpha value is -4.83. The molecule has 0 atom stereocenters. The molecule has 44 heavy (non-hydrogen) atoms. The van der Waals surface area contributed by atoms with Gasteiger partial charge in [0.1, 0.15) is 0 Å². The van der Waals surface area contributed by atoms with Crippen LogP contribution in [0.1, 0.15) is 43.0 Å². The Bertz CT molecular complexity index is 1650. The van der Waals surface area contributed by atoms with E-state index >= 15 is 0 Å². The summed E-state index contributed by atoms with van der Waals surface area (Å²) < 4.78 is 50.2. The molecular formula is C34H32F3N3O4. The Morgan fingerprint density at radius 3 is 2.23 bits per heavy atom. The third-order valence-electron chi connectivity index (χ3n) is 7.60. The molecule has 4 aromatic rings. The Labute approximate surface area is 253 Å². The van der Waals surface area contributed by atoms with E-state index in [1.54, 1.807) is 26.4 Å². The van der Waals surface area contributed by atoms with Crippen LogP contribution in [-0.2, 0) is 25.6 Å². The van der Waals surface area contributed by atoms with E-state index in [2.05, 4.69) is 21.6 Å². The molecule has 2 N–H and O–H groups in total. The molecule has 7 nitrogen and oxygen atoms in total. The molecule has 4 aromatic carbocycles. The molecule has 2 amide bonds. The van der Waals surface area contributed by atoms with Gasteiger partial charge in [0.2, 0.25) is 0 Å². The average Bonchev–Trinajstić information content (AvgIpc) is 3.03. The fourth-order valence-electron chi connectivity index (χ4n) is 5.19. The van der Waals surface area contributed by atoms with Gasteiger partial charge in [0.25, 0.3) is 11.8 Å². The first kappa shape index (κ1) is 30.6. The van der Waals surface area contributed by atoms with Crippen molar-refractivity contribution in [3.63, 3.8) is 0 Å². The zero-order valence-corrected chi connectivity index (χ0v) is 24.3. The van der Waals surface area contributed by atoms with E-state index in [1.165, 1.54) is 35.4 Å². The molecule has 0 saturated carbocycles. The highest BCUT2D eigenvalue weighted by molar-refractivity contribution is 6.12. The van der Waals surface area contributed by atoms with E-state index in [-0.39, 0.29) is 16.8 Å². The van der Waals surface area contributed by atoms with Gasteiger partial charge >= 0.3 is 6.18 Å². The molecular weight excluding hydrogens is 571 g/mol. The van der Waals surface area contributed by atoms with E-state index in [0.29, 0.717) is 5.69 Å². The number of carbonyl (C=O) groups excluding carboxylic acids is 2. The summed E-state index contributed by atoms with van der Waals surface area (Å²) in [6, 6.07) is 22.1. The Kier molecular flexibility index (Phi) is 9.20. The second kappa shape index (κ2) is 13.2. The van der Waals surface area contributed by atoms with Gasteiger partial charge in [-0.1, -0.05) is 30.3 Å². The summed E-state index contributed by atoms with van der Waals surface area (Å²) in [7, 11) is 3.28. The molecule has 0 aliphatic carbocycles. The van der Waals surface area contributed by atoms with E-state index < -0.39 is 23.6 Å². The third kappa shape index (κ3) is 7.20. The van der Waals surface area contributed by atoms with E-state index in [1.807, 2.05) is 30.3 Å². The Balaban J connectivity index is 1.18. The molecule has 0 saturated heterocycles. The van der Waals surface area contributed by atoms with Crippen molar-refractivity contribution in [3.8, 4) is 11.5 Å². The molecule has 1 aliphatic heterocycles. The van der Waals surface area contributed by atoms with Gasteiger partial charge in [-0.2, -0.15) is 13.2 Å². The first-order valence-corrected chi connectivity index (χ1v) is 14.1. The number of amides is 2. The van der Waals surface area contributed by atoms with Gasteiger partial charge in [-0.15, -0.1) is 0 Å². The van der Waals surface area contributed by atoms with Crippen LogP contribution in [0.25, 0.3) is 0 Å². The lowest BCUT2D eigenvalue weighted by molar-refractivity contribution is -0.137. The summed E-state index contributed by atoms with van der Waals surface area (Å²) >= 11 is 0. The summed E-state index contributed by atoms with van der Waals surface area (Å²) in [5, 5.41) is 5.40. The minimum absolute atomic E-state index is 0.167. The number of carbonyl (C=O) groups is 2. The normalized spacial score (nSPS) is 13.1. The van der Waals surface area contributed by atoms with Crippen LogP contribution in [0, 0.1) is 0 Å². The lowest BCUT2D eigenvalue weighted by Crippen LogP contribution is -2.32. The maximum absolute atomic E-state index is 13.1. The van der Waals surface area contributed by atoms with Crippen LogP contribution in [0.5, 0.6) is 11.5 Å². The predicted molar refractivity (Wildman–Crippen MR) is 162 cm³/mol. The van der Waals surface area contributed by atoms with E-state index in [0.717, 1.165) is 61.7 Å². The average molecular weight is 604 g/mol. The van der Waals surface area contributed by atoms with Crippen LogP contribution >= 0.6 is 0 Å². The number of nitrogens with zero attached hydrogens (tertiary/aromatic N) is 1. The lowest BCUT2D eigenvalue weighted by Gasteiger charge is -2.29. The third-order valence-corrected chi connectivity index (χ3v) is 7.60. The molecule has 10 heteroatoms. The van der Waals surface area contributed by atoms with Gasteiger partial charge in [-0.3, -0.25) is 14.5 Å². The van der Waals surface area contributed by atoms with Gasteiger partial charge in [-0.25, -0.2) is 0 Å². The zero-order chi connectivity index (χ0) is 31.3. The molecule has 0 bridgehead atoms. The fraction of sp³-hybridized carbons (Fsp3) is 0.235. The Morgan fingerprint density at radius 2 is 1.52 bits per heavy atom. The van der Waals surface area contributed by atoms with Crippen molar-refractivity contribution >= 4 is 23.2 Å². The zero-order valence-electron chi connectivity index (χ0n) is 24.3. The van der Waals surface area contributed by atoms with Gasteiger partial charge < -0.3 is 20.1 Å². The topological polar surface area (TPSA) is 79.9 Å². The number of hydrogen-bond acceptors (Lipinski definition) is 5. The number of ether oxygens (including phenoxy) is 2. The summed E-state index contributed by atoms with van der Waals surface area (Å²) in [5.74, 6) is 0.259. The molecule has 0 unspecified atom stereocenters. The van der Waals surface area contributed by atoms with Crippen LogP contribution in [0.4, 0.5) is 24.5 Å². The summed E-state index contributed by atoms with van der Waals surface area (Å²) in [6.07, 6.45) is -2.81. The number of methoxy groups -OCH3 is 2. The summed E-state index contributed by atoms with van der Waals surface area (Å²) in [6.45, 7) is 2.65. The summed E-state index contributed by atoms with van der Waals surface area (Å²) in [5.41, 5.74) is 3.47. The highest BCUT2D eigenvalue weighted by Gasteiger charge is 2.31. The van der Waals surface area contributed by atoms with Crippen LogP contribution < -0.4 is 20.1 Å². The maximum Gasteiger partial charge on any atom is 0.416 e. The van der Waals surface area contributed by atoms with Gasteiger partial charge in [0.05, 0.1) is 31.0 Å². The smallest absolute Gasteiger partial charge is 0.416 e. The molecule has 5 rings (SSSR count). The highest BCUT2D eigenvalue weighted by atomic mass is 19.4. The number of nitrogens with one attached hydrogen (secondary N) is 2. The van der Waals surface area contributed by atoms with Crippen molar-refractivity contribution in [1.82, 2.24) is 4.90 Å². The van der Waals surface area contributed by atoms with Crippen molar-refractivity contribution < 1.29 is 32.2 Å². The minimum atomic E-state index is -4.58. The molecule has 1 aliphatic rings. The molecule has 0 radical (unpaired) electrons. The van der Waals surface area contributed by atoms with E-state index in [4.69, 9.17) is 9.47 Å². The minimum Gasteiger partial charge on any atom is -0.493 e. The monoisotopic (exact) mass is 603 g/mol. The van der Waals surface area contributed by atoms with Crippen LogP contribution in [0.3, 0.4) is 0 Å². The summed E-state index contributed by atoms with van der Waals surface area (Å²) in [4.78, 5) is 28.2. The van der Waals surface area contributed by atoms with E-state index in [9.17, 15) is 22.8 Å². The first-order valence-electron chi connectivity index (χ1n) is 14.1. The number of para-hydroxylation sites is 1. The molecule has 228 valence electrons. The fourth-order valence-corrected chi connectivity index (χ4v) is 5.19. The molecule has 0 spiro atoms. The SMILES string of the molecule is COc1cc2c(cc1OC)CN(CCc1ccc(NC(=O)c3ccccc3NC(=O)c3cccc(C(F)(F)F)c3)cc1)CC2. The highest BCUT2D eigenvalue weighted by Crippen LogP contribution is 2.33. The number of rotatable bonds is 9. The second-order valence-corrected chi connectivity index (χ2v) is 10.5. The van der Waals surface area contributed by atoms with Crippen molar-refractivity contribution in [1.29, 1.82) is 0 Å². The van der Waals surface area contributed by atoms with Crippen molar-refractivity contribution in [2.45, 2.75) is 25.6 Å². The standard InChI is InChI=1S/C34H32F3N3O4/c1-43-30-19-23-15-17-40(21-25(23)20-31(30)44-2)16-14-22-10-12-27(13-11-22)38-33(42)28-8-3-4-9-29(28)39-32(41)24-6-5-7-26(18-24)34(35,36)37/h3-13,18-20H,14-17,21H2,1-2H3,(H,38,42)(H,39,41). The van der Waals surface area contributed by atoms with Crippen molar-refractivity contribution in [2.24, 2.45) is 0 Å². The van der Waals surface area contributed by atoms with Gasteiger partial charge in [-0.05, 0) is 84.1 Å². The van der Waals surface area contributed by atoms with Crippen molar-refractivity contribution in [3.05, 3.63) is 118 Å². The molecule has 0 fully saturated rings. The van der Waals surface area contributed by atoms with Gasteiger partial charge in [0.15, 0.2) is 11.5 Å². The number of hydrogen-bond donors (Lipinski definition) is 2. The molecule has 1 heterocycles. The van der Waals surface area contributed by atoms with Crippen LogP contribution in [0.2, 0.25) is 0 Å². The quantitative estimate of drug-likeness (QED) is 0.219. The number of halogens is 3. The second-order valence-electron chi connectivity index (χ2n) is 10.5. The number of fused-ring (bicyclic) bond motifs is 1. The van der Waals surface area contributed by atoms with Crippen LogP contribution in [0.15, 0.2) is 84.9 Å². The lowest BCUT2D eigenvalue weighted by atomic mass is 9.98. The predicted octanol–water partition coefficient (Wildman–Crippen LogP) is 6.83. The number of benzene rings is 4. The largest absolute Gasteiger partial charge is 0.493 e. The van der Waals surface area contributed by atoms with Crippen LogP contribution in [-0.4, -0.2) is 44.0 Å². The maximum atomic E-state index is 13.1. The van der Waals surface area contributed by atoms with Crippen molar-refractivity contribution in [2.75, 3.05) is 37.9 Å². The first-order chi connectivity index (χ1) is 21.1. The molecule has 0 aromatic heterocycles.